The van der Waals surface area contributed by atoms with E-state index in [1.807, 2.05) is 0 Å². The number of thioether (sulfide) groups is 1. The van der Waals surface area contributed by atoms with Gasteiger partial charge in [-0.3, -0.25) is 4.79 Å². The molecule has 0 N–H and O–H groups in total. The molecule has 0 spiro atoms. The van der Waals surface area contributed by atoms with Gasteiger partial charge in [0.2, 0.25) is 0 Å². The molecule has 2 aliphatic rings. The second kappa shape index (κ2) is 5.47. The van der Waals surface area contributed by atoms with Crippen molar-refractivity contribution >= 4 is 29.6 Å². The van der Waals surface area contributed by atoms with Gasteiger partial charge in [-0.1, -0.05) is 0 Å². The number of rotatable bonds is 2. The number of aliphatic carboxylic acids is 1. The summed E-state index contributed by atoms with van der Waals surface area (Å²) in [6, 6.07) is -0.977. The molecule has 0 aliphatic carbocycles. The fourth-order valence-electron chi connectivity index (χ4n) is 2.22. The van der Waals surface area contributed by atoms with Crippen molar-refractivity contribution in [2.24, 2.45) is 0 Å². The number of fused-ring (bicyclic) bond motifs is 1. The molecule has 0 unspecified atom stereocenters. The molecule has 2 rings (SSSR count). The van der Waals surface area contributed by atoms with Crippen molar-refractivity contribution in [1.29, 1.82) is 0 Å². The Morgan fingerprint density at radius 1 is 1.47 bits per heavy atom. The zero-order valence-corrected chi connectivity index (χ0v) is 13.9. The van der Waals surface area contributed by atoms with Gasteiger partial charge in [0, 0.05) is 10.8 Å². The first kappa shape index (κ1) is 16.6. The third-order valence-electron chi connectivity index (χ3n) is 3.05. The zero-order chi connectivity index (χ0) is 13.7. The number of carbonyl (C=O) groups is 3. The molecule has 6 nitrogen and oxygen atoms in total. The number of esters is 1. The molecule has 0 radical (unpaired) electrons. The van der Waals surface area contributed by atoms with Crippen LogP contribution in [0.2, 0.25) is 0 Å². The van der Waals surface area contributed by atoms with Crippen LogP contribution < -0.4 is 34.7 Å². The number of ether oxygens (including phenoxy) is 1. The van der Waals surface area contributed by atoms with E-state index in [0.717, 1.165) is 6.08 Å². The molecule has 1 amide bonds. The molecule has 98 valence electrons. The van der Waals surface area contributed by atoms with E-state index in [-0.39, 0.29) is 35.1 Å². The summed E-state index contributed by atoms with van der Waals surface area (Å²) in [5, 5.41) is 10.7. The van der Waals surface area contributed by atoms with Crippen LogP contribution in [-0.2, 0) is 19.1 Å². The largest absolute Gasteiger partial charge is 1.00 e. The Balaban J connectivity index is 0.00000180. The molecule has 0 aromatic rings. The van der Waals surface area contributed by atoms with Crippen LogP contribution in [0.3, 0.4) is 0 Å². The molecule has 19 heavy (non-hydrogen) atoms. The number of β-lactam (4-membered cyclic amide) rings is 1. The maximum atomic E-state index is 11.8. The van der Waals surface area contributed by atoms with E-state index in [9.17, 15) is 19.5 Å². The Morgan fingerprint density at radius 2 is 2.05 bits per heavy atom. The summed E-state index contributed by atoms with van der Waals surface area (Å²) in [6.45, 7) is 3.47. The third-order valence-corrected chi connectivity index (χ3v) is 4.59. The predicted molar refractivity (Wildman–Crippen MR) is 61.2 cm³/mol. The van der Waals surface area contributed by atoms with E-state index in [1.54, 1.807) is 13.8 Å². The Morgan fingerprint density at radius 3 is 2.53 bits per heavy atom. The first-order valence-electron chi connectivity index (χ1n) is 5.30. The molecular formula is C11H12NNaO5S. The number of amides is 1. The molecule has 2 fully saturated rings. The Hall–Kier alpha value is -0.500. The van der Waals surface area contributed by atoms with E-state index in [1.165, 1.54) is 23.8 Å². The number of nitrogens with zero attached hydrogens (tertiary/aromatic N) is 1. The number of hydrogen-bond acceptors (Lipinski definition) is 6. The molecule has 0 bridgehead atoms. The summed E-state index contributed by atoms with van der Waals surface area (Å²) in [5.41, 5.74) is 0.281. The Labute approximate surface area is 136 Å². The van der Waals surface area contributed by atoms with Crippen molar-refractivity contribution in [3.8, 4) is 0 Å². The molecule has 0 aromatic heterocycles. The maximum absolute atomic E-state index is 11.8. The average molecular weight is 293 g/mol. The summed E-state index contributed by atoms with van der Waals surface area (Å²) in [4.78, 5) is 35.3. The summed E-state index contributed by atoms with van der Waals surface area (Å²) < 4.78 is 3.81. The van der Waals surface area contributed by atoms with Crippen LogP contribution in [0.1, 0.15) is 13.8 Å². The fraction of sp³-hybridized carbons (Fsp3) is 0.545. The van der Waals surface area contributed by atoms with Crippen molar-refractivity contribution in [1.82, 2.24) is 4.90 Å². The van der Waals surface area contributed by atoms with E-state index in [2.05, 4.69) is 4.74 Å². The smallest absolute Gasteiger partial charge is 0.548 e. The van der Waals surface area contributed by atoms with Crippen molar-refractivity contribution < 1.29 is 53.8 Å². The number of carboxylic acid groups (broad SMARTS) is 1. The van der Waals surface area contributed by atoms with Crippen LogP contribution in [0.5, 0.6) is 0 Å². The Bertz CT molecular complexity index is 476. The van der Waals surface area contributed by atoms with Crippen LogP contribution in [0.4, 0.5) is 0 Å². The molecule has 2 atom stereocenters. The SMILES string of the molecule is COC(=O)/C=C1/C(=O)N2[C@@H]1SC(C)(C)[C@@H]2C(=O)[O-].[Na+]. The van der Waals surface area contributed by atoms with Gasteiger partial charge in [-0.2, -0.15) is 0 Å². The van der Waals surface area contributed by atoms with Crippen LogP contribution in [0.25, 0.3) is 0 Å². The van der Waals surface area contributed by atoms with E-state index in [4.69, 9.17) is 0 Å². The van der Waals surface area contributed by atoms with Crippen molar-refractivity contribution in [2.45, 2.75) is 30.0 Å². The van der Waals surface area contributed by atoms with Gasteiger partial charge in [0.05, 0.1) is 24.7 Å². The summed E-state index contributed by atoms with van der Waals surface area (Å²) >= 11 is 1.33. The van der Waals surface area contributed by atoms with Gasteiger partial charge >= 0.3 is 35.5 Å². The number of carboxylic acids is 1. The van der Waals surface area contributed by atoms with Crippen LogP contribution >= 0.6 is 11.8 Å². The van der Waals surface area contributed by atoms with E-state index >= 15 is 0 Å². The predicted octanol–water partition coefficient (Wildman–Crippen LogP) is -4.10. The molecule has 2 aliphatic heterocycles. The third kappa shape index (κ3) is 2.56. The van der Waals surface area contributed by atoms with Crippen LogP contribution in [0.15, 0.2) is 11.6 Å². The fourth-order valence-corrected chi connectivity index (χ4v) is 3.76. The van der Waals surface area contributed by atoms with E-state index < -0.39 is 34.0 Å². The number of carbonyl (C=O) groups excluding carboxylic acids is 3. The minimum absolute atomic E-state index is 0. The molecule has 0 saturated carbocycles. The maximum Gasteiger partial charge on any atom is 1.00 e. The van der Waals surface area contributed by atoms with Crippen molar-refractivity contribution in [2.75, 3.05) is 7.11 Å². The van der Waals surface area contributed by atoms with Gasteiger partial charge in [0.25, 0.3) is 5.91 Å². The van der Waals surface area contributed by atoms with Gasteiger partial charge in [-0.05, 0) is 13.8 Å². The molecule has 0 aromatic carbocycles. The summed E-state index contributed by atoms with van der Waals surface area (Å²) in [7, 11) is 1.22. The second-order valence-corrected chi connectivity index (χ2v) is 6.36. The zero-order valence-electron chi connectivity index (χ0n) is 11.1. The minimum atomic E-state index is -1.28. The molecule has 8 heteroatoms. The minimum Gasteiger partial charge on any atom is -0.548 e. The molecule has 2 saturated heterocycles. The van der Waals surface area contributed by atoms with Gasteiger partial charge in [-0.15, -0.1) is 11.8 Å². The van der Waals surface area contributed by atoms with Gasteiger partial charge in [0.15, 0.2) is 0 Å². The standard InChI is InChI=1S/C11H13NO5S.Na/c1-11(2)7(10(15)16)12-8(14)5(9(12)18-11)4-6(13)17-3;/h4,7,9H,1-3H3,(H,15,16);/q;+1/p-1/b5-4-;/t7-,9+;/m0./s1. The van der Waals surface area contributed by atoms with Crippen molar-refractivity contribution in [3.63, 3.8) is 0 Å². The topological polar surface area (TPSA) is 86.7 Å². The average Bonchev–Trinajstić information content (AvgIpc) is 2.54. The second-order valence-electron chi connectivity index (χ2n) is 4.63. The first-order valence-corrected chi connectivity index (χ1v) is 6.18. The van der Waals surface area contributed by atoms with E-state index in [0.29, 0.717) is 0 Å². The monoisotopic (exact) mass is 293 g/mol. The van der Waals surface area contributed by atoms with Crippen LogP contribution in [-0.4, -0.2) is 46.0 Å². The van der Waals surface area contributed by atoms with Crippen molar-refractivity contribution in [3.05, 3.63) is 11.6 Å². The van der Waals surface area contributed by atoms with Gasteiger partial charge in [-0.25, -0.2) is 4.79 Å². The summed E-state index contributed by atoms with van der Waals surface area (Å²) in [5.74, 6) is -2.34. The Kier molecular flexibility index (Phi) is 4.77. The normalized spacial score (nSPS) is 29.3. The van der Waals surface area contributed by atoms with Gasteiger partial charge in [0.1, 0.15) is 5.37 Å². The van der Waals surface area contributed by atoms with Gasteiger partial charge < -0.3 is 19.5 Å². The molecular weight excluding hydrogens is 281 g/mol. The van der Waals surface area contributed by atoms with Crippen LogP contribution in [0, 0.1) is 0 Å². The summed E-state index contributed by atoms with van der Waals surface area (Å²) in [6.07, 6.45) is 1.12. The quantitative estimate of drug-likeness (QED) is 0.223. The molecule has 2 heterocycles. The first-order chi connectivity index (χ1) is 8.29. The number of methoxy groups -OCH3 is 1. The number of hydrogen-bond donors (Lipinski definition) is 0.